The lowest BCUT2D eigenvalue weighted by molar-refractivity contribution is -0.160. The van der Waals surface area contributed by atoms with Gasteiger partial charge in [0.15, 0.2) is 18.3 Å². The van der Waals surface area contributed by atoms with Crippen LogP contribution in [0.3, 0.4) is 0 Å². The van der Waals surface area contributed by atoms with Crippen LogP contribution in [-0.2, 0) is 14.3 Å². The van der Waals surface area contributed by atoms with Gasteiger partial charge in [-0.3, -0.25) is 4.79 Å². The maximum atomic E-state index is 11.3. The number of carbonyl (C=O) groups is 1. The molecule has 0 aromatic rings. The number of aliphatic hydroxyl groups excluding tert-OH is 3. The molecule has 1 aliphatic heterocycles. The number of hydrogen-bond acceptors (Lipinski definition) is 6. The molecule has 2 unspecified atom stereocenters. The van der Waals surface area contributed by atoms with Crippen molar-refractivity contribution in [3.05, 3.63) is 12.3 Å². The lowest BCUT2D eigenvalue weighted by Crippen LogP contribution is -2.43. The molecule has 1 heterocycles. The molecule has 1 fully saturated rings. The van der Waals surface area contributed by atoms with Gasteiger partial charge < -0.3 is 24.8 Å². The molecule has 17 heavy (non-hydrogen) atoms. The summed E-state index contributed by atoms with van der Waals surface area (Å²) >= 11 is 0. The van der Waals surface area contributed by atoms with Gasteiger partial charge in [0.25, 0.3) is 0 Å². The number of esters is 1. The highest BCUT2D eigenvalue weighted by atomic mass is 16.6. The van der Waals surface area contributed by atoms with E-state index in [1.807, 2.05) is 6.92 Å². The smallest absolute Gasteiger partial charge is 0.306 e. The Morgan fingerprint density at radius 2 is 2.29 bits per heavy atom. The minimum absolute atomic E-state index is 0.0248. The van der Waals surface area contributed by atoms with Crippen LogP contribution < -0.4 is 0 Å². The Morgan fingerprint density at radius 3 is 2.82 bits per heavy atom. The topological polar surface area (TPSA) is 96.2 Å². The summed E-state index contributed by atoms with van der Waals surface area (Å²) < 4.78 is 10.1. The van der Waals surface area contributed by atoms with Gasteiger partial charge >= 0.3 is 5.97 Å². The van der Waals surface area contributed by atoms with E-state index in [4.69, 9.17) is 14.6 Å². The van der Waals surface area contributed by atoms with Crippen molar-refractivity contribution < 1.29 is 29.6 Å². The fraction of sp³-hybridized carbons (Fsp3) is 0.727. The van der Waals surface area contributed by atoms with Crippen LogP contribution in [-0.4, -0.2) is 52.3 Å². The summed E-state index contributed by atoms with van der Waals surface area (Å²) in [5, 5.41) is 28.0. The number of aliphatic hydroxyl groups is 3. The molecular formula is C11H18O6. The standard InChI is InChI=1S/C11H18O6/c1-3-4-8(14)17-11-9(15)6(2)16-10(11)7(13)5-12/h7,9-13,15H,2-5H2,1H3/t7-,9?,10+,11?/m0/s1. The van der Waals surface area contributed by atoms with Crippen molar-refractivity contribution in [2.45, 2.75) is 44.2 Å². The molecule has 0 aromatic heterocycles. The molecule has 0 radical (unpaired) electrons. The van der Waals surface area contributed by atoms with E-state index in [2.05, 4.69) is 6.58 Å². The third-order valence-corrected chi connectivity index (χ3v) is 2.54. The van der Waals surface area contributed by atoms with E-state index in [0.717, 1.165) is 0 Å². The van der Waals surface area contributed by atoms with E-state index in [1.54, 1.807) is 0 Å². The number of ether oxygens (including phenoxy) is 2. The van der Waals surface area contributed by atoms with Crippen LogP contribution >= 0.6 is 0 Å². The molecule has 0 saturated carbocycles. The van der Waals surface area contributed by atoms with Gasteiger partial charge in [0.05, 0.1) is 6.61 Å². The molecule has 0 aromatic carbocycles. The molecule has 1 saturated heterocycles. The van der Waals surface area contributed by atoms with Crippen LogP contribution in [0, 0.1) is 0 Å². The zero-order valence-electron chi connectivity index (χ0n) is 9.70. The van der Waals surface area contributed by atoms with Crippen LogP contribution in [0.2, 0.25) is 0 Å². The van der Waals surface area contributed by atoms with Crippen LogP contribution in [0.4, 0.5) is 0 Å². The van der Waals surface area contributed by atoms with Gasteiger partial charge in [0.1, 0.15) is 11.9 Å². The molecule has 0 amide bonds. The molecule has 0 spiro atoms. The highest BCUT2D eigenvalue weighted by Crippen LogP contribution is 2.28. The lowest BCUT2D eigenvalue weighted by Gasteiger charge is -2.22. The van der Waals surface area contributed by atoms with Crippen LogP contribution in [0.1, 0.15) is 19.8 Å². The van der Waals surface area contributed by atoms with Gasteiger partial charge in [-0.25, -0.2) is 0 Å². The first-order valence-corrected chi connectivity index (χ1v) is 5.53. The SMILES string of the molecule is C=C1O[C@H]([C@@H](O)CO)C(OC(=O)CCC)C1O. The third kappa shape index (κ3) is 3.18. The zero-order chi connectivity index (χ0) is 13.0. The molecule has 6 nitrogen and oxygen atoms in total. The Bertz CT molecular complexity index is 290. The quantitative estimate of drug-likeness (QED) is 0.556. The van der Waals surface area contributed by atoms with Gasteiger partial charge in [-0.2, -0.15) is 0 Å². The maximum Gasteiger partial charge on any atom is 0.306 e. The molecular weight excluding hydrogens is 228 g/mol. The number of rotatable bonds is 5. The molecule has 98 valence electrons. The summed E-state index contributed by atoms with van der Waals surface area (Å²) in [7, 11) is 0. The van der Waals surface area contributed by atoms with Crippen molar-refractivity contribution in [3.8, 4) is 0 Å². The fourth-order valence-corrected chi connectivity index (χ4v) is 1.62. The van der Waals surface area contributed by atoms with Crippen LogP contribution in [0.5, 0.6) is 0 Å². The Balaban J connectivity index is 2.70. The largest absolute Gasteiger partial charge is 0.486 e. The van der Waals surface area contributed by atoms with Gasteiger partial charge in [0.2, 0.25) is 0 Å². The van der Waals surface area contributed by atoms with Crippen LogP contribution in [0.25, 0.3) is 0 Å². The number of hydrogen-bond donors (Lipinski definition) is 3. The molecule has 0 aliphatic carbocycles. The Labute approximate surface area is 99.5 Å². The van der Waals surface area contributed by atoms with E-state index in [9.17, 15) is 15.0 Å². The average Bonchev–Trinajstić information content (AvgIpc) is 2.57. The van der Waals surface area contributed by atoms with Crippen LogP contribution in [0.15, 0.2) is 12.3 Å². The molecule has 1 aliphatic rings. The molecule has 6 heteroatoms. The second kappa shape index (κ2) is 6.00. The predicted molar refractivity (Wildman–Crippen MR) is 57.9 cm³/mol. The van der Waals surface area contributed by atoms with Crippen molar-refractivity contribution in [2.75, 3.05) is 6.61 Å². The van der Waals surface area contributed by atoms with E-state index >= 15 is 0 Å². The first-order chi connectivity index (χ1) is 8.01. The van der Waals surface area contributed by atoms with Gasteiger partial charge in [-0.1, -0.05) is 13.5 Å². The first kappa shape index (κ1) is 14.0. The molecule has 1 rings (SSSR count). The lowest BCUT2D eigenvalue weighted by atomic mass is 10.1. The second-order valence-electron chi connectivity index (χ2n) is 3.95. The summed E-state index contributed by atoms with van der Waals surface area (Å²) in [5.41, 5.74) is 0. The summed E-state index contributed by atoms with van der Waals surface area (Å²) in [5.74, 6) is -0.457. The van der Waals surface area contributed by atoms with E-state index in [0.29, 0.717) is 6.42 Å². The van der Waals surface area contributed by atoms with Crippen molar-refractivity contribution >= 4 is 5.97 Å². The maximum absolute atomic E-state index is 11.3. The Morgan fingerprint density at radius 1 is 1.65 bits per heavy atom. The molecule has 0 bridgehead atoms. The second-order valence-corrected chi connectivity index (χ2v) is 3.95. The minimum Gasteiger partial charge on any atom is -0.486 e. The zero-order valence-corrected chi connectivity index (χ0v) is 9.70. The highest BCUT2D eigenvalue weighted by molar-refractivity contribution is 5.69. The minimum atomic E-state index is -1.23. The van der Waals surface area contributed by atoms with Crippen molar-refractivity contribution in [3.63, 3.8) is 0 Å². The third-order valence-electron chi connectivity index (χ3n) is 2.54. The van der Waals surface area contributed by atoms with E-state index < -0.39 is 37.0 Å². The van der Waals surface area contributed by atoms with E-state index in [-0.39, 0.29) is 12.2 Å². The Kier molecular flexibility index (Phi) is 4.92. The van der Waals surface area contributed by atoms with Crippen molar-refractivity contribution in [2.24, 2.45) is 0 Å². The summed E-state index contributed by atoms with van der Waals surface area (Å²) in [6.45, 7) is 4.72. The first-order valence-electron chi connectivity index (χ1n) is 5.53. The average molecular weight is 246 g/mol. The van der Waals surface area contributed by atoms with Gasteiger partial charge in [-0.15, -0.1) is 0 Å². The predicted octanol–water partition coefficient (Wildman–Crippen LogP) is -0.675. The Hall–Kier alpha value is -1.11. The van der Waals surface area contributed by atoms with Gasteiger partial charge in [0, 0.05) is 6.42 Å². The summed E-state index contributed by atoms with van der Waals surface area (Å²) in [6, 6.07) is 0. The molecule has 3 N–H and O–H groups in total. The number of carbonyl (C=O) groups excluding carboxylic acids is 1. The normalized spacial score (nSPS) is 29.9. The van der Waals surface area contributed by atoms with Crippen molar-refractivity contribution in [1.82, 2.24) is 0 Å². The molecule has 4 atom stereocenters. The summed E-state index contributed by atoms with van der Waals surface area (Å²) in [4.78, 5) is 11.3. The van der Waals surface area contributed by atoms with Gasteiger partial charge in [-0.05, 0) is 6.42 Å². The highest BCUT2D eigenvalue weighted by Gasteiger charge is 2.46. The van der Waals surface area contributed by atoms with Crippen molar-refractivity contribution in [1.29, 1.82) is 0 Å². The monoisotopic (exact) mass is 246 g/mol. The fourth-order valence-electron chi connectivity index (χ4n) is 1.62. The van der Waals surface area contributed by atoms with E-state index in [1.165, 1.54) is 0 Å². The summed E-state index contributed by atoms with van der Waals surface area (Å²) in [6.07, 6.45) is -3.58.